The molecule has 0 radical (unpaired) electrons. The zero-order chi connectivity index (χ0) is 13.8. The second-order valence-corrected chi connectivity index (χ2v) is 4.20. The fourth-order valence-electron chi connectivity index (χ4n) is 1.86. The van der Waals surface area contributed by atoms with Gasteiger partial charge in [-0.2, -0.15) is 0 Å². The third-order valence-corrected chi connectivity index (χ3v) is 2.79. The molecule has 0 aromatic heterocycles. The smallest absolute Gasteiger partial charge is 0.136 e. The summed E-state index contributed by atoms with van der Waals surface area (Å²) >= 11 is 0. The second kappa shape index (κ2) is 5.82. The highest BCUT2D eigenvalue weighted by molar-refractivity contribution is 5.42. The summed E-state index contributed by atoms with van der Waals surface area (Å²) in [5, 5.41) is 18.8. The largest absolute Gasteiger partial charge is 0.456 e. The van der Waals surface area contributed by atoms with Gasteiger partial charge >= 0.3 is 0 Å². The maximum Gasteiger partial charge on any atom is 0.136 e. The summed E-state index contributed by atoms with van der Waals surface area (Å²) in [5.74, 6) is 0.169. The number of para-hydroxylation sites is 1. The molecule has 19 heavy (non-hydrogen) atoms. The van der Waals surface area contributed by atoms with Crippen LogP contribution in [0, 0.1) is 5.82 Å². The first-order valence-corrected chi connectivity index (χ1v) is 5.96. The van der Waals surface area contributed by atoms with Gasteiger partial charge in [0.05, 0.1) is 18.3 Å². The number of benzene rings is 2. The molecule has 2 rings (SSSR count). The highest BCUT2D eigenvalue weighted by Gasteiger charge is 2.16. The molecule has 0 spiro atoms. The molecule has 0 fully saturated rings. The molecule has 2 N–H and O–H groups in total. The summed E-state index contributed by atoms with van der Waals surface area (Å²) in [6, 6.07) is 11.3. The van der Waals surface area contributed by atoms with Crippen molar-refractivity contribution in [2.24, 2.45) is 0 Å². The van der Waals surface area contributed by atoms with Crippen molar-refractivity contribution >= 4 is 0 Å². The maximum atomic E-state index is 13.7. The van der Waals surface area contributed by atoms with Gasteiger partial charge in [0.1, 0.15) is 17.3 Å². The zero-order valence-electron chi connectivity index (χ0n) is 10.5. The molecule has 2 aromatic carbocycles. The van der Waals surface area contributed by atoms with Crippen molar-refractivity contribution in [3.05, 3.63) is 59.4 Å². The summed E-state index contributed by atoms with van der Waals surface area (Å²) in [5.41, 5.74) is 0.707. The molecule has 1 atom stereocenters. The maximum absolute atomic E-state index is 13.7. The highest BCUT2D eigenvalue weighted by Crippen LogP contribution is 2.33. The molecule has 3 nitrogen and oxygen atoms in total. The van der Waals surface area contributed by atoms with Crippen LogP contribution in [0.2, 0.25) is 0 Å². The van der Waals surface area contributed by atoms with Crippen LogP contribution in [0.15, 0.2) is 42.5 Å². The van der Waals surface area contributed by atoms with E-state index in [9.17, 15) is 14.6 Å². The van der Waals surface area contributed by atoms with Gasteiger partial charge in [0, 0.05) is 5.56 Å². The Morgan fingerprint density at radius 3 is 2.47 bits per heavy atom. The Morgan fingerprint density at radius 1 is 1.11 bits per heavy atom. The highest BCUT2D eigenvalue weighted by atomic mass is 19.1. The van der Waals surface area contributed by atoms with Crippen molar-refractivity contribution in [2.75, 3.05) is 0 Å². The lowest BCUT2D eigenvalue weighted by molar-refractivity contribution is 0.190. The Labute approximate surface area is 110 Å². The molecule has 0 amide bonds. The van der Waals surface area contributed by atoms with Gasteiger partial charge in [-0.15, -0.1) is 0 Å². The number of hydrogen-bond donors (Lipinski definition) is 2. The van der Waals surface area contributed by atoms with E-state index in [4.69, 9.17) is 4.74 Å². The first-order chi connectivity index (χ1) is 9.13. The van der Waals surface area contributed by atoms with E-state index in [1.165, 1.54) is 19.1 Å². The van der Waals surface area contributed by atoms with E-state index >= 15 is 0 Å². The van der Waals surface area contributed by atoms with Crippen LogP contribution in [0.4, 0.5) is 4.39 Å². The fraction of sp³-hybridized carbons (Fsp3) is 0.200. The quantitative estimate of drug-likeness (QED) is 0.889. The van der Waals surface area contributed by atoms with Crippen LogP contribution >= 0.6 is 0 Å². The molecule has 0 bridgehead atoms. The van der Waals surface area contributed by atoms with E-state index < -0.39 is 11.9 Å². The summed E-state index contributed by atoms with van der Waals surface area (Å²) in [6.45, 7) is 1.30. The first-order valence-electron chi connectivity index (χ1n) is 5.96. The molecule has 0 heterocycles. The van der Waals surface area contributed by atoms with Gasteiger partial charge < -0.3 is 14.9 Å². The number of ether oxygens (including phenoxy) is 1. The Balaban J connectivity index is 2.41. The monoisotopic (exact) mass is 262 g/mol. The van der Waals surface area contributed by atoms with Crippen molar-refractivity contribution in [1.82, 2.24) is 0 Å². The lowest BCUT2D eigenvalue weighted by Gasteiger charge is -2.15. The van der Waals surface area contributed by atoms with Crippen LogP contribution in [0.3, 0.4) is 0 Å². The third-order valence-electron chi connectivity index (χ3n) is 2.79. The average Bonchev–Trinajstić information content (AvgIpc) is 2.39. The molecule has 0 aliphatic heterocycles. The van der Waals surface area contributed by atoms with Gasteiger partial charge in [0.25, 0.3) is 0 Å². The van der Waals surface area contributed by atoms with E-state index in [0.29, 0.717) is 11.3 Å². The summed E-state index contributed by atoms with van der Waals surface area (Å²) in [7, 11) is 0. The van der Waals surface area contributed by atoms with Gasteiger partial charge in [0.2, 0.25) is 0 Å². The standard InChI is InChI=1S/C15H15FO3/c1-10(18)15-12(16)6-4-8-14(15)19-13-7-3-2-5-11(13)9-17/h2-8,10,17-18H,9H2,1H3/t10-/m1/s1. The van der Waals surface area contributed by atoms with Crippen LogP contribution in [-0.2, 0) is 6.61 Å². The Kier molecular flexibility index (Phi) is 4.14. The van der Waals surface area contributed by atoms with Crippen LogP contribution in [0.25, 0.3) is 0 Å². The number of hydrogen-bond acceptors (Lipinski definition) is 3. The van der Waals surface area contributed by atoms with Crippen LogP contribution in [-0.4, -0.2) is 10.2 Å². The summed E-state index contributed by atoms with van der Waals surface area (Å²) in [6.07, 6.45) is -0.975. The fourth-order valence-corrected chi connectivity index (χ4v) is 1.86. The molecule has 4 heteroatoms. The third kappa shape index (κ3) is 2.92. The van der Waals surface area contributed by atoms with Gasteiger partial charge in [0.15, 0.2) is 0 Å². The van der Waals surface area contributed by atoms with Crippen molar-refractivity contribution in [3.8, 4) is 11.5 Å². The predicted octanol–water partition coefficient (Wildman–Crippen LogP) is 3.16. The van der Waals surface area contributed by atoms with Crippen molar-refractivity contribution in [2.45, 2.75) is 19.6 Å². The Bertz CT molecular complexity index is 567. The molecule has 0 saturated heterocycles. The molecule has 0 aliphatic rings. The van der Waals surface area contributed by atoms with Gasteiger partial charge in [-0.25, -0.2) is 4.39 Å². The minimum atomic E-state index is -0.975. The van der Waals surface area contributed by atoms with E-state index in [1.54, 1.807) is 30.3 Å². The number of halogens is 1. The molecule has 0 unspecified atom stereocenters. The Morgan fingerprint density at radius 2 is 1.79 bits per heavy atom. The molecule has 2 aromatic rings. The minimum absolute atomic E-state index is 0.107. The molecular weight excluding hydrogens is 247 g/mol. The summed E-state index contributed by atoms with van der Waals surface area (Å²) < 4.78 is 19.3. The van der Waals surface area contributed by atoms with Gasteiger partial charge in [-0.1, -0.05) is 24.3 Å². The molecule has 0 saturated carbocycles. The van der Waals surface area contributed by atoms with Gasteiger partial charge in [-0.3, -0.25) is 0 Å². The molecule has 0 aliphatic carbocycles. The SMILES string of the molecule is C[C@@H](O)c1c(F)cccc1Oc1ccccc1CO. The van der Waals surface area contributed by atoms with E-state index in [-0.39, 0.29) is 17.9 Å². The lowest BCUT2D eigenvalue weighted by atomic mass is 10.1. The van der Waals surface area contributed by atoms with Crippen LogP contribution < -0.4 is 4.74 Å². The lowest BCUT2D eigenvalue weighted by Crippen LogP contribution is -2.01. The second-order valence-electron chi connectivity index (χ2n) is 4.20. The number of aliphatic hydroxyl groups excluding tert-OH is 2. The van der Waals surface area contributed by atoms with Crippen LogP contribution in [0.5, 0.6) is 11.5 Å². The summed E-state index contributed by atoms with van der Waals surface area (Å²) in [4.78, 5) is 0. The Hall–Kier alpha value is -1.91. The predicted molar refractivity (Wildman–Crippen MR) is 69.5 cm³/mol. The topological polar surface area (TPSA) is 49.7 Å². The normalized spacial score (nSPS) is 12.2. The number of rotatable bonds is 4. The van der Waals surface area contributed by atoms with E-state index in [2.05, 4.69) is 0 Å². The zero-order valence-corrected chi connectivity index (χ0v) is 10.5. The first kappa shape index (κ1) is 13.5. The van der Waals surface area contributed by atoms with E-state index in [1.807, 2.05) is 0 Å². The average molecular weight is 262 g/mol. The van der Waals surface area contributed by atoms with Gasteiger partial charge in [-0.05, 0) is 25.1 Å². The number of aliphatic hydroxyl groups is 2. The van der Waals surface area contributed by atoms with Crippen LogP contribution in [0.1, 0.15) is 24.2 Å². The van der Waals surface area contributed by atoms with E-state index in [0.717, 1.165) is 0 Å². The molecular formula is C15H15FO3. The minimum Gasteiger partial charge on any atom is -0.456 e. The molecule has 100 valence electrons. The van der Waals surface area contributed by atoms with Crippen molar-refractivity contribution in [1.29, 1.82) is 0 Å². The van der Waals surface area contributed by atoms with Crippen molar-refractivity contribution in [3.63, 3.8) is 0 Å². The van der Waals surface area contributed by atoms with Crippen molar-refractivity contribution < 1.29 is 19.3 Å².